The molecule has 2 fully saturated rings. The van der Waals surface area contributed by atoms with E-state index in [4.69, 9.17) is 0 Å². The van der Waals surface area contributed by atoms with Crippen molar-refractivity contribution in [1.82, 2.24) is 15.1 Å². The maximum absolute atomic E-state index is 12.7. The molecule has 110 valence electrons. The van der Waals surface area contributed by atoms with Crippen LogP contribution in [0.1, 0.15) is 46.5 Å². The lowest BCUT2D eigenvalue weighted by Crippen LogP contribution is -2.45. The molecule has 4 heteroatoms. The highest BCUT2D eigenvalue weighted by Gasteiger charge is 2.43. The average molecular weight is 267 g/mol. The van der Waals surface area contributed by atoms with E-state index < -0.39 is 0 Å². The number of hydrogen-bond acceptors (Lipinski definition) is 3. The molecule has 2 rings (SSSR count). The van der Waals surface area contributed by atoms with Crippen molar-refractivity contribution >= 4 is 5.91 Å². The van der Waals surface area contributed by atoms with Gasteiger partial charge in [-0.1, -0.05) is 27.2 Å². The van der Waals surface area contributed by atoms with Crippen LogP contribution in [0.4, 0.5) is 0 Å². The van der Waals surface area contributed by atoms with Crippen LogP contribution >= 0.6 is 0 Å². The van der Waals surface area contributed by atoms with Gasteiger partial charge in [-0.3, -0.25) is 10.1 Å². The molecule has 2 heterocycles. The molecule has 0 bridgehead atoms. The molecular weight excluding hydrogens is 238 g/mol. The van der Waals surface area contributed by atoms with Crippen LogP contribution < -0.4 is 5.32 Å². The first kappa shape index (κ1) is 14.8. The molecule has 3 atom stereocenters. The Labute approximate surface area is 117 Å². The standard InChI is InChI=1S/C15H29N3O/c1-5-6-14-16-13(9-11(2)3)15(19)18(14)12-7-8-17(4)10-12/h11-14,16H,5-10H2,1-4H3. The van der Waals surface area contributed by atoms with Gasteiger partial charge < -0.3 is 9.80 Å². The van der Waals surface area contributed by atoms with E-state index in [1.54, 1.807) is 0 Å². The van der Waals surface area contributed by atoms with Crippen molar-refractivity contribution in [3.8, 4) is 0 Å². The summed E-state index contributed by atoms with van der Waals surface area (Å²) in [5, 5.41) is 3.57. The quantitative estimate of drug-likeness (QED) is 0.823. The molecule has 0 aliphatic carbocycles. The number of carbonyl (C=O) groups is 1. The first-order chi connectivity index (χ1) is 9.02. The Morgan fingerprint density at radius 1 is 1.42 bits per heavy atom. The Bertz CT molecular complexity index is 319. The summed E-state index contributed by atoms with van der Waals surface area (Å²) in [5.74, 6) is 0.905. The molecule has 0 radical (unpaired) electrons. The van der Waals surface area contributed by atoms with Gasteiger partial charge in [0.1, 0.15) is 0 Å². The van der Waals surface area contributed by atoms with Gasteiger partial charge in [-0.05, 0) is 38.8 Å². The Kier molecular flexibility index (Phi) is 4.85. The summed E-state index contributed by atoms with van der Waals surface area (Å²) < 4.78 is 0. The van der Waals surface area contributed by atoms with Crippen molar-refractivity contribution in [3.63, 3.8) is 0 Å². The van der Waals surface area contributed by atoms with Crippen LogP contribution in [-0.4, -0.2) is 54.1 Å². The molecule has 2 aliphatic heterocycles. The Balaban J connectivity index is 2.07. The smallest absolute Gasteiger partial charge is 0.241 e. The predicted molar refractivity (Wildman–Crippen MR) is 77.8 cm³/mol. The van der Waals surface area contributed by atoms with Gasteiger partial charge >= 0.3 is 0 Å². The van der Waals surface area contributed by atoms with Gasteiger partial charge in [0.05, 0.1) is 12.2 Å². The van der Waals surface area contributed by atoms with E-state index in [1.807, 2.05) is 0 Å². The number of carbonyl (C=O) groups excluding carboxylic acids is 1. The highest BCUT2D eigenvalue weighted by atomic mass is 16.2. The van der Waals surface area contributed by atoms with Gasteiger partial charge in [-0.25, -0.2) is 0 Å². The second kappa shape index (κ2) is 6.23. The van der Waals surface area contributed by atoms with Crippen LogP contribution in [0.25, 0.3) is 0 Å². The largest absolute Gasteiger partial charge is 0.321 e. The number of likely N-dealkylation sites (tertiary alicyclic amines) is 1. The minimum Gasteiger partial charge on any atom is -0.321 e. The fraction of sp³-hybridized carbons (Fsp3) is 0.933. The Hall–Kier alpha value is -0.610. The number of likely N-dealkylation sites (N-methyl/N-ethyl adjacent to an activating group) is 1. The lowest BCUT2D eigenvalue weighted by atomic mass is 10.0. The number of hydrogen-bond donors (Lipinski definition) is 1. The van der Waals surface area contributed by atoms with Crippen LogP contribution in [0.2, 0.25) is 0 Å². The van der Waals surface area contributed by atoms with E-state index in [2.05, 4.69) is 42.9 Å². The second-order valence-electron chi connectivity index (χ2n) is 6.60. The molecule has 0 saturated carbocycles. The molecule has 4 nitrogen and oxygen atoms in total. The molecule has 0 aromatic heterocycles. The summed E-state index contributed by atoms with van der Waals surface area (Å²) in [6, 6.07) is 0.459. The van der Waals surface area contributed by atoms with Gasteiger partial charge in [-0.15, -0.1) is 0 Å². The lowest BCUT2D eigenvalue weighted by Gasteiger charge is -2.30. The molecular formula is C15H29N3O. The first-order valence-corrected chi connectivity index (χ1v) is 7.79. The maximum atomic E-state index is 12.7. The third-order valence-corrected chi connectivity index (χ3v) is 4.31. The maximum Gasteiger partial charge on any atom is 0.241 e. The summed E-state index contributed by atoms with van der Waals surface area (Å²) in [6.45, 7) is 8.72. The zero-order valence-corrected chi connectivity index (χ0v) is 12.9. The van der Waals surface area contributed by atoms with E-state index in [9.17, 15) is 4.79 Å². The second-order valence-corrected chi connectivity index (χ2v) is 6.60. The third kappa shape index (κ3) is 3.29. The average Bonchev–Trinajstić information content (AvgIpc) is 2.85. The van der Waals surface area contributed by atoms with Crippen LogP contribution in [0.5, 0.6) is 0 Å². The van der Waals surface area contributed by atoms with Crippen molar-refractivity contribution < 1.29 is 4.79 Å². The highest BCUT2D eigenvalue weighted by Crippen LogP contribution is 2.26. The number of nitrogens with zero attached hydrogens (tertiary/aromatic N) is 2. The fourth-order valence-electron chi connectivity index (χ4n) is 3.43. The normalized spacial score (nSPS) is 32.8. The molecule has 0 aromatic rings. The first-order valence-electron chi connectivity index (χ1n) is 7.79. The van der Waals surface area contributed by atoms with E-state index in [-0.39, 0.29) is 12.2 Å². The molecule has 2 saturated heterocycles. The zero-order valence-electron chi connectivity index (χ0n) is 12.9. The summed E-state index contributed by atoms with van der Waals surface area (Å²) in [5.41, 5.74) is 0. The van der Waals surface area contributed by atoms with E-state index >= 15 is 0 Å². The Morgan fingerprint density at radius 2 is 2.16 bits per heavy atom. The third-order valence-electron chi connectivity index (χ3n) is 4.31. The highest BCUT2D eigenvalue weighted by molar-refractivity contribution is 5.84. The van der Waals surface area contributed by atoms with Crippen LogP contribution in [0, 0.1) is 5.92 Å². The topological polar surface area (TPSA) is 35.6 Å². The van der Waals surface area contributed by atoms with Gasteiger partial charge in [0, 0.05) is 12.6 Å². The van der Waals surface area contributed by atoms with Crippen molar-refractivity contribution in [2.75, 3.05) is 20.1 Å². The van der Waals surface area contributed by atoms with Crippen LogP contribution in [-0.2, 0) is 4.79 Å². The molecule has 19 heavy (non-hydrogen) atoms. The summed E-state index contributed by atoms with van der Waals surface area (Å²) >= 11 is 0. The molecule has 3 unspecified atom stereocenters. The Morgan fingerprint density at radius 3 is 2.68 bits per heavy atom. The fourth-order valence-corrected chi connectivity index (χ4v) is 3.43. The van der Waals surface area contributed by atoms with Crippen molar-refractivity contribution in [3.05, 3.63) is 0 Å². The molecule has 0 aromatic carbocycles. The monoisotopic (exact) mass is 267 g/mol. The van der Waals surface area contributed by atoms with Crippen molar-refractivity contribution in [1.29, 1.82) is 0 Å². The van der Waals surface area contributed by atoms with Crippen molar-refractivity contribution in [2.24, 2.45) is 5.92 Å². The van der Waals surface area contributed by atoms with E-state index in [1.165, 1.54) is 0 Å². The number of amides is 1. The van der Waals surface area contributed by atoms with Gasteiger partial charge in [-0.2, -0.15) is 0 Å². The van der Waals surface area contributed by atoms with E-state index in [0.717, 1.165) is 38.8 Å². The number of rotatable bonds is 5. The van der Waals surface area contributed by atoms with Gasteiger partial charge in [0.15, 0.2) is 0 Å². The zero-order chi connectivity index (χ0) is 14.0. The van der Waals surface area contributed by atoms with Crippen LogP contribution in [0.3, 0.4) is 0 Å². The predicted octanol–water partition coefficient (Wildman–Crippen LogP) is 1.66. The number of nitrogens with one attached hydrogen (secondary N) is 1. The minimum absolute atomic E-state index is 0.0439. The van der Waals surface area contributed by atoms with Gasteiger partial charge in [0.25, 0.3) is 0 Å². The SMILES string of the molecule is CCCC1NC(CC(C)C)C(=O)N1C1CCN(C)C1. The minimum atomic E-state index is 0.0439. The molecule has 1 N–H and O–H groups in total. The molecule has 0 spiro atoms. The molecule has 1 amide bonds. The molecule has 2 aliphatic rings. The summed E-state index contributed by atoms with van der Waals surface area (Å²) in [7, 11) is 2.15. The summed E-state index contributed by atoms with van der Waals surface area (Å²) in [6.07, 6.45) is 4.54. The van der Waals surface area contributed by atoms with Crippen molar-refractivity contribution in [2.45, 2.75) is 64.7 Å². The van der Waals surface area contributed by atoms with E-state index in [0.29, 0.717) is 17.9 Å². The summed E-state index contributed by atoms with van der Waals surface area (Å²) in [4.78, 5) is 17.2. The van der Waals surface area contributed by atoms with Gasteiger partial charge in [0.2, 0.25) is 5.91 Å². The van der Waals surface area contributed by atoms with Crippen LogP contribution in [0.15, 0.2) is 0 Å². The lowest BCUT2D eigenvalue weighted by molar-refractivity contribution is -0.132.